The number of nitrogens with zero attached hydrogens (tertiary/aromatic N) is 6. The highest BCUT2D eigenvalue weighted by molar-refractivity contribution is 7.90. The first-order valence-corrected chi connectivity index (χ1v) is 24.9. The largest absolute Gasteiger partial charge is 0.455 e. The highest BCUT2D eigenvalue weighted by atomic mass is 32.2. The Balaban J connectivity index is 0.915. The van der Waals surface area contributed by atoms with Crippen LogP contribution in [0.5, 0.6) is 11.5 Å². The van der Waals surface area contributed by atoms with Crippen LogP contribution in [0.4, 0.5) is 17.2 Å². The number of H-pyrrole nitrogens is 1. The summed E-state index contributed by atoms with van der Waals surface area (Å²) in [7, 11) is -4.65. The SMILES string of the molecule is CC(C)c1ccccc1[C@@H]1COCCN1C1CC2(CCN(c3ccc(C(=O)NS(=O)(=O)c4cnc(NCC5CCC(C)(C)CC5)c([N+](=O)[O-])c4)c(Oc4cnc5[nH]cc(C#N)c5c4)c3)CC2)C1. The molecule has 2 aromatic carbocycles. The molecule has 16 nitrogen and oxygen atoms in total. The van der Waals surface area contributed by atoms with Gasteiger partial charge in [0.25, 0.3) is 15.9 Å². The smallest absolute Gasteiger partial charge is 0.312 e. The van der Waals surface area contributed by atoms with Crippen molar-refractivity contribution in [2.45, 2.75) is 102 Å². The molecule has 2 saturated heterocycles. The molecule has 17 heteroatoms. The number of piperidine rings is 1. The molecule has 2 aliphatic heterocycles. The number of fused-ring (bicyclic) bond motifs is 1. The lowest BCUT2D eigenvalue weighted by Gasteiger charge is -2.57. The predicted molar refractivity (Wildman–Crippen MR) is 255 cm³/mol. The van der Waals surface area contributed by atoms with Crippen LogP contribution in [0.1, 0.15) is 118 Å². The molecular formula is C50H59N9O7S. The van der Waals surface area contributed by atoms with Crippen LogP contribution in [-0.2, 0) is 14.8 Å². The molecule has 5 aromatic rings. The molecule has 0 unspecified atom stereocenters. The second-order valence-corrected chi connectivity index (χ2v) is 21.7. The first-order chi connectivity index (χ1) is 32.1. The van der Waals surface area contributed by atoms with E-state index in [4.69, 9.17) is 9.47 Å². The lowest BCUT2D eigenvalue weighted by Crippen LogP contribution is -2.58. The number of amides is 1. The number of aromatic nitrogens is 3. The lowest BCUT2D eigenvalue weighted by atomic mass is 9.59. The molecule has 0 radical (unpaired) electrons. The number of carbonyl (C=O) groups is 1. The zero-order valence-electron chi connectivity index (χ0n) is 38.6. The van der Waals surface area contributed by atoms with Gasteiger partial charge in [-0.15, -0.1) is 0 Å². The molecule has 5 heterocycles. The monoisotopic (exact) mass is 929 g/mol. The minimum atomic E-state index is -4.65. The Morgan fingerprint density at radius 3 is 2.54 bits per heavy atom. The molecule has 2 saturated carbocycles. The van der Waals surface area contributed by atoms with Crippen molar-refractivity contribution in [3.63, 3.8) is 0 Å². The van der Waals surface area contributed by atoms with Gasteiger partial charge in [-0.2, -0.15) is 5.26 Å². The van der Waals surface area contributed by atoms with Crippen molar-refractivity contribution in [1.29, 1.82) is 5.26 Å². The maximum Gasteiger partial charge on any atom is 0.312 e. The summed E-state index contributed by atoms with van der Waals surface area (Å²) in [5, 5.41) is 25.5. The lowest BCUT2D eigenvalue weighted by molar-refractivity contribution is -0.384. The van der Waals surface area contributed by atoms with Crippen LogP contribution in [0.2, 0.25) is 0 Å². The highest BCUT2D eigenvalue weighted by Crippen LogP contribution is 2.53. The third-order valence-corrected chi connectivity index (χ3v) is 16.1. The number of hydrogen-bond donors (Lipinski definition) is 3. The minimum Gasteiger partial charge on any atom is -0.455 e. The molecule has 4 fully saturated rings. The third kappa shape index (κ3) is 9.70. The zero-order valence-corrected chi connectivity index (χ0v) is 39.4. The Morgan fingerprint density at radius 2 is 1.81 bits per heavy atom. The van der Waals surface area contributed by atoms with Gasteiger partial charge in [0.15, 0.2) is 0 Å². The number of rotatable bonds is 13. The molecule has 3 N–H and O–H groups in total. The molecule has 3 aromatic heterocycles. The van der Waals surface area contributed by atoms with Crippen molar-refractivity contribution in [2.75, 3.05) is 49.6 Å². The summed E-state index contributed by atoms with van der Waals surface area (Å²) in [5.41, 5.74) is 4.28. The van der Waals surface area contributed by atoms with Crippen molar-refractivity contribution in [3.05, 3.63) is 106 Å². The van der Waals surface area contributed by atoms with E-state index in [1.54, 1.807) is 24.4 Å². The van der Waals surface area contributed by atoms with Gasteiger partial charge >= 0.3 is 5.69 Å². The second-order valence-electron chi connectivity index (χ2n) is 20.0. The minimum absolute atomic E-state index is 0.0336. The predicted octanol–water partition coefficient (Wildman–Crippen LogP) is 9.22. The second kappa shape index (κ2) is 18.5. The van der Waals surface area contributed by atoms with E-state index < -0.39 is 31.4 Å². The van der Waals surface area contributed by atoms with E-state index in [2.05, 4.69) is 92.8 Å². The first kappa shape index (κ1) is 46.0. The Kier molecular flexibility index (Phi) is 12.7. The number of benzene rings is 2. The third-order valence-electron chi connectivity index (χ3n) is 14.8. The van der Waals surface area contributed by atoms with Crippen LogP contribution >= 0.6 is 0 Å². The highest BCUT2D eigenvalue weighted by Gasteiger charge is 2.50. The normalized spacial score (nSPS) is 20.1. The summed E-state index contributed by atoms with van der Waals surface area (Å²) < 4.78 is 42.0. The summed E-state index contributed by atoms with van der Waals surface area (Å²) >= 11 is 0. The van der Waals surface area contributed by atoms with Gasteiger partial charge in [0.1, 0.15) is 28.1 Å². The van der Waals surface area contributed by atoms with Gasteiger partial charge in [0.05, 0.1) is 47.7 Å². The molecule has 1 spiro atoms. The van der Waals surface area contributed by atoms with E-state index in [0.717, 1.165) is 95.6 Å². The Hall–Kier alpha value is -6.09. The number of anilines is 2. The number of nitro groups is 1. The number of carbonyl (C=O) groups excluding carboxylic acids is 1. The molecule has 1 amide bonds. The molecule has 67 heavy (non-hydrogen) atoms. The fourth-order valence-electron chi connectivity index (χ4n) is 10.7. The van der Waals surface area contributed by atoms with Gasteiger partial charge in [-0.05, 0) is 103 Å². The summed E-state index contributed by atoms with van der Waals surface area (Å²) in [4.78, 5) is 41.5. The number of aromatic amines is 1. The number of nitriles is 1. The van der Waals surface area contributed by atoms with Crippen LogP contribution in [0.3, 0.4) is 0 Å². The van der Waals surface area contributed by atoms with Crippen LogP contribution in [-0.4, -0.2) is 84.5 Å². The number of morpholine rings is 1. The summed E-state index contributed by atoms with van der Waals surface area (Å²) in [6.45, 7) is 13.4. The Morgan fingerprint density at radius 1 is 1.04 bits per heavy atom. The van der Waals surface area contributed by atoms with E-state index >= 15 is 0 Å². The van der Waals surface area contributed by atoms with Gasteiger partial charge in [-0.1, -0.05) is 52.0 Å². The summed E-state index contributed by atoms with van der Waals surface area (Å²) in [6, 6.07) is 19.2. The summed E-state index contributed by atoms with van der Waals surface area (Å²) in [5.74, 6) is -0.00526. The van der Waals surface area contributed by atoms with Crippen LogP contribution in [0.25, 0.3) is 11.0 Å². The standard InChI is InChI=1S/C50H59N9O7S/c1-32(2)39-7-5-6-8-40(39)44-31-65-20-19-58(44)36-24-50(25-36)15-17-57(18-16-50)35-9-10-41(45(21-35)66-37-22-42-34(26-51)28-53-46(42)54-29-37)48(60)56-67(63,64)38-23-43(59(61)62)47(55-30-38)52-27-33-11-13-49(3,4)14-12-33/h5-10,21-23,28-30,32-33,36,44H,11-20,24-25,27,31H2,1-4H3,(H,52,55)(H,53,54)(H,56,60)/t44-/m0/s1. The van der Waals surface area contributed by atoms with E-state index in [9.17, 15) is 28.6 Å². The number of hydrogen-bond acceptors (Lipinski definition) is 13. The molecule has 2 aliphatic carbocycles. The van der Waals surface area contributed by atoms with Gasteiger partial charge < -0.3 is 24.7 Å². The van der Waals surface area contributed by atoms with E-state index in [1.807, 2.05) is 0 Å². The molecule has 352 valence electrons. The Bertz CT molecular complexity index is 2810. The quantitative estimate of drug-likeness (QED) is 0.0744. The van der Waals surface area contributed by atoms with Crippen LogP contribution < -0.4 is 19.7 Å². The zero-order chi connectivity index (χ0) is 47.1. The maximum atomic E-state index is 14.0. The summed E-state index contributed by atoms with van der Waals surface area (Å²) in [6.07, 6.45) is 12.3. The fourth-order valence-corrected chi connectivity index (χ4v) is 11.7. The van der Waals surface area contributed by atoms with Gasteiger partial charge in [-0.3, -0.25) is 19.8 Å². The average molecular weight is 930 g/mol. The number of ether oxygens (including phenoxy) is 2. The van der Waals surface area contributed by atoms with Crippen molar-refractivity contribution >= 4 is 44.2 Å². The number of pyridine rings is 2. The molecule has 9 rings (SSSR count). The van der Waals surface area contributed by atoms with Gasteiger partial charge in [0.2, 0.25) is 5.82 Å². The molecular weight excluding hydrogens is 871 g/mol. The maximum absolute atomic E-state index is 14.0. The van der Waals surface area contributed by atoms with Crippen molar-refractivity contribution in [2.24, 2.45) is 16.7 Å². The van der Waals surface area contributed by atoms with Crippen molar-refractivity contribution < 1.29 is 27.6 Å². The van der Waals surface area contributed by atoms with E-state index in [-0.39, 0.29) is 39.8 Å². The van der Waals surface area contributed by atoms with E-state index in [1.165, 1.54) is 23.4 Å². The van der Waals surface area contributed by atoms with Gasteiger partial charge in [0, 0.05) is 61.6 Å². The molecule has 0 bridgehead atoms. The Labute approximate surface area is 391 Å². The van der Waals surface area contributed by atoms with Crippen molar-refractivity contribution in [3.8, 4) is 17.6 Å². The van der Waals surface area contributed by atoms with Crippen molar-refractivity contribution in [1.82, 2.24) is 24.6 Å². The fraction of sp³-hybridized carbons (Fsp3) is 0.480. The molecule has 4 aliphatic rings. The molecule has 1 atom stereocenters. The number of sulfonamides is 1. The van der Waals surface area contributed by atoms with Crippen LogP contribution in [0.15, 0.2) is 78.1 Å². The van der Waals surface area contributed by atoms with Gasteiger partial charge in [-0.25, -0.2) is 23.1 Å². The number of nitrogens with one attached hydrogen (secondary N) is 3. The topological polar surface area (TPSA) is 209 Å². The average Bonchev–Trinajstić information content (AvgIpc) is 3.72. The first-order valence-electron chi connectivity index (χ1n) is 23.4. The van der Waals surface area contributed by atoms with Crippen LogP contribution in [0, 0.1) is 38.2 Å². The van der Waals surface area contributed by atoms with E-state index in [0.29, 0.717) is 47.6 Å².